The summed E-state index contributed by atoms with van der Waals surface area (Å²) >= 11 is 0. The highest BCUT2D eigenvalue weighted by molar-refractivity contribution is 6.01. The van der Waals surface area contributed by atoms with Crippen molar-refractivity contribution in [1.82, 2.24) is 4.90 Å². The molecule has 0 N–H and O–H groups in total. The van der Waals surface area contributed by atoms with Gasteiger partial charge in [-0.2, -0.15) is 0 Å². The summed E-state index contributed by atoms with van der Waals surface area (Å²) in [4.78, 5) is 17.4. The van der Waals surface area contributed by atoms with Gasteiger partial charge in [0.1, 0.15) is 5.75 Å². The number of fused-ring (bicyclic) bond motifs is 1. The zero-order chi connectivity index (χ0) is 19.5. The van der Waals surface area contributed by atoms with Crippen molar-refractivity contribution in [2.24, 2.45) is 0 Å². The minimum absolute atomic E-state index is 0.0289. The first-order chi connectivity index (χ1) is 13.7. The summed E-state index contributed by atoms with van der Waals surface area (Å²) in [7, 11) is 3.47. The van der Waals surface area contributed by atoms with Gasteiger partial charge >= 0.3 is 0 Å². The molecule has 1 aliphatic rings. The molecule has 1 fully saturated rings. The highest BCUT2D eigenvalue weighted by Gasteiger charge is 2.21. The molecule has 1 aliphatic heterocycles. The monoisotopic (exact) mass is 374 g/mol. The van der Waals surface area contributed by atoms with Gasteiger partial charge in [0.15, 0.2) is 0 Å². The molecule has 0 bridgehead atoms. The number of methoxy groups -OCH3 is 1. The Morgan fingerprint density at radius 1 is 1.00 bits per heavy atom. The quantitative estimate of drug-likeness (QED) is 0.648. The number of ether oxygens (including phenoxy) is 1. The van der Waals surface area contributed by atoms with Crippen LogP contribution >= 0.6 is 0 Å². The van der Waals surface area contributed by atoms with Crippen LogP contribution in [0.25, 0.3) is 10.8 Å². The first-order valence-corrected chi connectivity index (χ1v) is 9.82. The third-order valence-corrected chi connectivity index (χ3v) is 5.49. The Morgan fingerprint density at radius 3 is 2.36 bits per heavy atom. The minimum atomic E-state index is -0.0289. The zero-order valence-electron chi connectivity index (χ0n) is 16.5. The second kappa shape index (κ2) is 7.93. The summed E-state index contributed by atoms with van der Waals surface area (Å²) < 4.78 is 5.52. The van der Waals surface area contributed by atoms with E-state index in [0.29, 0.717) is 17.9 Å². The van der Waals surface area contributed by atoms with Crippen LogP contribution in [-0.4, -0.2) is 38.1 Å². The number of amides is 1. The molecule has 4 nitrogen and oxygen atoms in total. The van der Waals surface area contributed by atoms with E-state index in [1.807, 2.05) is 49.5 Å². The van der Waals surface area contributed by atoms with E-state index < -0.39 is 0 Å². The molecule has 4 rings (SSSR count). The van der Waals surface area contributed by atoms with E-state index in [0.717, 1.165) is 23.9 Å². The Labute approximate surface area is 166 Å². The van der Waals surface area contributed by atoms with E-state index in [1.165, 1.54) is 24.1 Å². The van der Waals surface area contributed by atoms with Crippen LogP contribution < -0.4 is 9.64 Å². The summed E-state index contributed by atoms with van der Waals surface area (Å²) in [6, 6.07) is 20.3. The lowest BCUT2D eigenvalue weighted by Gasteiger charge is -2.25. The molecule has 0 saturated carbocycles. The van der Waals surface area contributed by atoms with Crippen molar-refractivity contribution in [3.63, 3.8) is 0 Å². The van der Waals surface area contributed by atoms with Gasteiger partial charge in [-0.25, -0.2) is 0 Å². The molecule has 3 aromatic carbocycles. The fourth-order valence-corrected chi connectivity index (χ4v) is 4.00. The van der Waals surface area contributed by atoms with Gasteiger partial charge in [-0.1, -0.05) is 42.5 Å². The van der Waals surface area contributed by atoms with Gasteiger partial charge in [-0.15, -0.1) is 0 Å². The van der Waals surface area contributed by atoms with Crippen LogP contribution in [0.3, 0.4) is 0 Å². The van der Waals surface area contributed by atoms with Crippen molar-refractivity contribution in [2.45, 2.75) is 19.4 Å². The largest absolute Gasteiger partial charge is 0.496 e. The molecule has 1 amide bonds. The van der Waals surface area contributed by atoms with Gasteiger partial charge in [0.05, 0.1) is 12.7 Å². The third kappa shape index (κ3) is 3.55. The van der Waals surface area contributed by atoms with Crippen molar-refractivity contribution < 1.29 is 9.53 Å². The van der Waals surface area contributed by atoms with Crippen LogP contribution in [-0.2, 0) is 6.54 Å². The maximum Gasteiger partial charge on any atom is 0.257 e. The molecular weight excluding hydrogens is 348 g/mol. The fourth-order valence-electron chi connectivity index (χ4n) is 4.00. The number of nitrogens with zero attached hydrogens (tertiary/aromatic N) is 2. The maximum absolute atomic E-state index is 13.2. The van der Waals surface area contributed by atoms with E-state index in [9.17, 15) is 4.79 Å². The molecule has 1 saturated heterocycles. The van der Waals surface area contributed by atoms with E-state index in [-0.39, 0.29) is 5.91 Å². The lowest BCUT2D eigenvalue weighted by atomic mass is 10.0. The number of carbonyl (C=O) groups excluding carboxylic acids is 1. The first-order valence-electron chi connectivity index (χ1n) is 9.82. The van der Waals surface area contributed by atoms with Gasteiger partial charge in [-0.05, 0) is 47.4 Å². The summed E-state index contributed by atoms with van der Waals surface area (Å²) in [5.41, 5.74) is 3.02. The number of rotatable bonds is 5. The number of anilines is 1. The number of carbonyl (C=O) groups is 1. The number of benzene rings is 3. The summed E-state index contributed by atoms with van der Waals surface area (Å²) in [6.07, 6.45) is 2.47. The molecule has 1 heterocycles. The highest BCUT2D eigenvalue weighted by atomic mass is 16.5. The molecule has 0 aromatic heterocycles. The fraction of sp³-hybridized carbons (Fsp3) is 0.292. The standard InChI is InChI=1S/C24H26N2O2/c1-25(17-20-11-5-6-12-22(20)26-13-7-8-14-26)24(27)21-15-18-9-3-4-10-19(18)16-23(21)28-2/h3-6,9-12,15-16H,7-8,13-14,17H2,1-2H3. The van der Waals surface area contributed by atoms with Crippen molar-refractivity contribution in [3.05, 3.63) is 71.8 Å². The average Bonchev–Trinajstić information content (AvgIpc) is 3.27. The average molecular weight is 374 g/mol. The smallest absolute Gasteiger partial charge is 0.257 e. The Kier molecular flexibility index (Phi) is 5.20. The second-order valence-corrected chi connectivity index (χ2v) is 7.38. The summed E-state index contributed by atoms with van der Waals surface area (Å²) in [5, 5.41) is 2.11. The number of para-hydroxylation sites is 1. The predicted molar refractivity (Wildman–Crippen MR) is 114 cm³/mol. The Morgan fingerprint density at radius 2 is 1.64 bits per heavy atom. The SMILES string of the molecule is COc1cc2ccccc2cc1C(=O)N(C)Cc1ccccc1N1CCCC1. The molecule has 0 atom stereocenters. The van der Waals surface area contributed by atoms with Crippen molar-refractivity contribution in [2.75, 3.05) is 32.1 Å². The van der Waals surface area contributed by atoms with Gasteiger partial charge in [0, 0.05) is 32.4 Å². The molecule has 0 radical (unpaired) electrons. The van der Waals surface area contributed by atoms with E-state index in [4.69, 9.17) is 4.74 Å². The molecule has 4 heteroatoms. The highest BCUT2D eigenvalue weighted by Crippen LogP contribution is 2.29. The molecular formula is C24H26N2O2. The molecule has 3 aromatic rings. The lowest BCUT2D eigenvalue weighted by Crippen LogP contribution is -2.28. The van der Waals surface area contributed by atoms with Crippen LogP contribution in [0.4, 0.5) is 5.69 Å². The molecule has 0 aliphatic carbocycles. The molecule has 28 heavy (non-hydrogen) atoms. The topological polar surface area (TPSA) is 32.8 Å². The maximum atomic E-state index is 13.2. The Bertz CT molecular complexity index is 993. The predicted octanol–water partition coefficient (Wildman–Crippen LogP) is 4.72. The second-order valence-electron chi connectivity index (χ2n) is 7.38. The molecule has 0 spiro atoms. The summed E-state index contributed by atoms with van der Waals surface area (Å²) in [6.45, 7) is 2.75. The van der Waals surface area contributed by atoms with Crippen molar-refractivity contribution in [3.8, 4) is 5.75 Å². The van der Waals surface area contributed by atoms with Crippen LogP contribution in [0, 0.1) is 0 Å². The normalized spacial score (nSPS) is 13.7. The van der Waals surface area contributed by atoms with E-state index in [1.54, 1.807) is 12.0 Å². The first kappa shape index (κ1) is 18.4. The van der Waals surface area contributed by atoms with Gasteiger partial charge in [0.25, 0.3) is 5.91 Å². The van der Waals surface area contributed by atoms with E-state index >= 15 is 0 Å². The van der Waals surface area contributed by atoms with Crippen LogP contribution in [0.15, 0.2) is 60.7 Å². The number of hydrogen-bond donors (Lipinski definition) is 0. The third-order valence-electron chi connectivity index (χ3n) is 5.49. The number of hydrogen-bond acceptors (Lipinski definition) is 3. The van der Waals surface area contributed by atoms with Crippen LogP contribution in [0.5, 0.6) is 5.75 Å². The molecule has 0 unspecified atom stereocenters. The van der Waals surface area contributed by atoms with Crippen molar-refractivity contribution in [1.29, 1.82) is 0 Å². The summed E-state index contributed by atoms with van der Waals surface area (Å²) in [5.74, 6) is 0.585. The van der Waals surface area contributed by atoms with Crippen molar-refractivity contribution >= 4 is 22.4 Å². The Hall–Kier alpha value is -3.01. The minimum Gasteiger partial charge on any atom is -0.496 e. The Balaban J connectivity index is 1.62. The van der Waals surface area contributed by atoms with E-state index in [2.05, 4.69) is 23.1 Å². The van der Waals surface area contributed by atoms with Gasteiger partial charge in [-0.3, -0.25) is 4.79 Å². The molecule has 144 valence electrons. The zero-order valence-corrected chi connectivity index (χ0v) is 16.5. The van der Waals surface area contributed by atoms with Gasteiger partial charge in [0.2, 0.25) is 0 Å². The van der Waals surface area contributed by atoms with Crippen LogP contribution in [0.1, 0.15) is 28.8 Å². The van der Waals surface area contributed by atoms with Gasteiger partial charge < -0.3 is 14.5 Å². The van der Waals surface area contributed by atoms with Crippen LogP contribution in [0.2, 0.25) is 0 Å². The lowest BCUT2D eigenvalue weighted by molar-refractivity contribution is 0.0782.